The fraction of sp³-hybridized carbons (Fsp3) is 0.415. The predicted octanol–water partition coefficient (Wildman–Crippen LogP) is 5.82. The average molecular weight is 724 g/mol. The van der Waals surface area contributed by atoms with Crippen molar-refractivity contribution in [3.8, 4) is 16.9 Å². The Balaban J connectivity index is 0.893. The Bertz CT molecular complexity index is 2030. The van der Waals surface area contributed by atoms with Crippen molar-refractivity contribution in [1.82, 2.24) is 14.8 Å². The summed E-state index contributed by atoms with van der Waals surface area (Å²) >= 11 is 6.96. The summed E-state index contributed by atoms with van der Waals surface area (Å²) in [5.74, 6) is 1.11. The molecule has 2 N–H and O–H groups in total. The number of anilines is 2. The lowest BCUT2D eigenvalue weighted by molar-refractivity contribution is -0.133. The zero-order valence-electron chi connectivity index (χ0n) is 29.8. The molecule has 1 atom stereocenters. The van der Waals surface area contributed by atoms with Crippen molar-refractivity contribution >= 4 is 51.3 Å². The number of carbonyl (C=O) groups is 3. The molecule has 0 radical (unpaired) electrons. The van der Waals surface area contributed by atoms with Gasteiger partial charge in [-0.25, -0.2) is 0 Å². The van der Waals surface area contributed by atoms with Crippen LogP contribution in [0.5, 0.6) is 5.75 Å². The second-order valence-electron chi connectivity index (χ2n) is 14.5. The van der Waals surface area contributed by atoms with Crippen molar-refractivity contribution in [2.45, 2.75) is 51.0 Å². The molecule has 0 bridgehead atoms. The summed E-state index contributed by atoms with van der Waals surface area (Å²) < 4.78 is 7.49. The van der Waals surface area contributed by atoms with E-state index >= 15 is 0 Å². The van der Waals surface area contributed by atoms with Crippen molar-refractivity contribution in [3.05, 3.63) is 87.8 Å². The van der Waals surface area contributed by atoms with Crippen LogP contribution in [0.15, 0.2) is 71.7 Å². The summed E-state index contributed by atoms with van der Waals surface area (Å²) in [7, 11) is 3.44. The highest BCUT2D eigenvalue weighted by Gasteiger charge is 2.30. The fourth-order valence-electron chi connectivity index (χ4n) is 8.04. The first-order valence-electron chi connectivity index (χ1n) is 18.3. The molecule has 7 rings (SSSR count). The van der Waals surface area contributed by atoms with E-state index in [4.69, 9.17) is 16.3 Å². The Kier molecular flexibility index (Phi) is 10.7. The van der Waals surface area contributed by atoms with E-state index in [0.29, 0.717) is 41.5 Å². The van der Waals surface area contributed by atoms with Gasteiger partial charge in [0.1, 0.15) is 17.6 Å². The molecular formula is C41H46ClN5O5. The lowest BCUT2D eigenvalue weighted by Crippen LogP contribution is -2.47. The number of piperidine rings is 3. The third-order valence-corrected chi connectivity index (χ3v) is 11.5. The molecular weight excluding hydrogens is 678 g/mol. The molecule has 3 aliphatic rings. The Morgan fingerprint density at radius 3 is 2.33 bits per heavy atom. The number of ketones is 1. The molecule has 0 saturated carbocycles. The molecule has 1 unspecified atom stereocenters. The largest absolute Gasteiger partial charge is 0.496 e. The number of hydrogen-bond donors (Lipinski definition) is 2. The number of hydrogen-bond acceptors (Lipinski definition) is 8. The first-order valence-corrected chi connectivity index (χ1v) is 18.7. The van der Waals surface area contributed by atoms with Gasteiger partial charge in [0.05, 0.1) is 13.7 Å². The van der Waals surface area contributed by atoms with Crippen molar-refractivity contribution in [1.29, 1.82) is 0 Å². The summed E-state index contributed by atoms with van der Waals surface area (Å²) in [5.41, 5.74) is 4.77. The number of carbonyl (C=O) groups excluding carboxylic acids is 3. The summed E-state index contributed by atoms with van der Waals surface area (Å²) in [6, 6.07) is 19.3. The molecule has 272 valence electrons. The third kappa shape index (κ3) is 7.73. The molecule has 3 saturated heterocycles. The number of aryl methyl sites for hydroxylation is 1. The van der Waals surface area contributed by atoms with Crippen LogP contribution >= 0.6 is 11.6 Å². The highest BCUT2D eigenvalue weighted by Crippen LogP contribution is 2.38. The number of pyridine rings is 1. The second kappa shape index (κ2) is 15.5. The summed E-state index contributed by atoms with van der Waals surface area (Å²) in [4.78, 5) is 54.3. The van der Waals surface area contributed by atoms with Gasteiger partial charge in [0, 0.05) is 71.6 Å². The van der Waals surface area contributed by atoms with Crippen LogP contribution in [0, 0.1) is 11.8 Å². The molecule has 10 nitrogen and oxygen atoms in total. The van der Waals surface area contributed by atoms with E-state index < -0.39 is 6.04 Å². The number of nitrogens with one attached hydrogen (secondary N) is 2. The van der Waals surface area contributed by atoms with Gasteiger partial charge in [-0.2, -0.15) is 0 Å². The molecule has 1 aromatic heterocycles. The molecule has 2 amide bonds. The Hall–Kier alpha value is -4.67. The van der Waals surface area contributed by atoms with Gasteiger partial charge in [-0.3, -0.25) is 29.4 Å². The van der Waals surface area contributed by atoms with E-state index in [1.807, 2.05) is 66.9 Å². The maximum absolute atomic E-state index is 13.4. The number of benzene rings is 3. The monoisotopic (exact) mass is 723 g/mol. The minimum atomic E-state index is -0.405. The van der Waals surface area contributed by atoms with E-state index in [-0.39, 0.29) is 23.3 Å². The van der Waals surface area contributed by atoms with E-state index in [1.54, 1.807) is 18.7 Å². The van der Waals surface area contributed by atoms with Crippen molar-refractivity contribution in [2.24, 2.45) is 18.9 Å². The molecule has 52 heavy (non-hydrogen) atoms. The van der Waals surface area contributed by atoms with Gasteiger partial charge in [0.25, 0.3) is 5.56 Å². The van der Waals surface area contributed by atoms with Crippen LogP contribution in [0.25, 0.3) is 21.9 Å². The van der Waals surface area contributed by atoms with Gasteiger partial charge in [-0.15, -0.1) is 0 Å². The average Bonchev–Trinajstić information content (AvgIpc) is 3.16. The van der Waals surface area contributed by atoms with E-state index in [1.165, 1.54) is 0 Å². The van der Waals surface area contributed by atoms with Crippen LogP contribution < -0.4 is 25.8 Å². The van der Waals surface area contributed by atoms with Gasteiger partial charge in [0.2, 0.25) is 11.8 Å². The Labute approximate surface area is 309 Å². The van der Waals surface area contributed by atoms with Gasteiger partial charge in [-0.05, 0) is 111 Å². The lowest BCUT2D eigenvalue weighted by atomic mass is 9.88. The van der Waals surface area contributed by atoms with Crippen LogP contribution in [0.3, 0.4) is 0 Å². The SMILES string of the molecule is COc1cc(-c2cn(C)c(=O)c3ccccc23)cc(Cl)c1CC1CCN(CC(=O)C2CCN(c3ccc(NC4CCC(=O)NC4=O)cc3)CC2)CC1. The molecule has 3 aromatic carbocycles. The molecule has 0 aliphatic carbocycles. The van der Waals surface area contributed by atoms with Crippen LogP contribution in [-0.2, 0) is 27.9 Å². The summed E-state index contributed by atoms with van der Waals surface area (Å²) in [6.07, 6.45) is 7.17. The molecule has 4 heterocycles. The number of fused-ring (bicyclic) bond motifs is 1. The van der Waals surface area contributed by atoms with Gasteiger partial charge in [0.15, 0.2) is 0 Å². The summed E-state index contributed by atoms with van der Waals surface area (Å²) in [6.45, 7) is 3.94. The number of methoxy groups -OCH3 is 1. The van der Waals surface area contributed by atoms with Crippen LogP contribution in [0.2, 0.25) is 5.02 Å². The highest BCUT2D eigenvalue weighted by atomic mass is 35.5. The standard InChI is InChI=1S/C41H46ClN5O5/c1-45-24-34(31-5-3-4-6-32(31)41(45)51)28-22-35(42)33(38(23-28)52-2)21-26-13-17-46(18-14-26)25-37(48)27-15-19-47(20-16-27)30-9-7-29(8-10-30)43-36-11-12-39(49)44-40(36)50/h3-10,22-24,26-27,36,43H,11-21,25H2,1-2H3,(H,44,49,50). The van der Waals surface area contributed by atoms with E-state index in [0.717, 1.165) is 97.5 Å². The lowest BCUT2D eigenvalue weighted by Gasteiger charge is -2.35. The minimum Gasteiger partial charge on any atom is -0.496 e. The molecule has 3 aliphatic heterocycles. The molecule has 4 aromatic rings. The number of aromatic nitrogens is 1. The maximum Gasteiger partial charge on any atom is 0.258 e. The number of Topliss-reactive ketones (excluding diaryl/α,β-unsaturated/α-hetero) is 1. The number of nitrogens with zero attached hydrogens (tertiary/aromatic N) is 3. The Morgan fingerprint density at radius 1 is 0.923 bits per heavy atom. The van der Waals surface area contributed by atoms with Gasteiger partial charge >= 0.3 is 0 Å². The predicted molar refractivity (Wildman–Crippen MR) is 205 cm³/mol. The van der Waals surface area contributed by atoms with Crippen LogP contribution in [-0.4, -0.2) is 72.9 Å². The van der Waals surface area contributed by atoms with Gasteiger partial charge in [-0.1, -0.05) is 29.8 Å². The minimum absolute atomic E-state index is 0.0326. The van der Waals surface area contributed by atoms with Crippen LogP contribution in [0.4, 0.5) is 11.4 Å². The van der Waals surface area contributed by atoms with E-state index in [2.05, 4.69) is 20.4 Å². The van der Waals surface area contributed by atoms with Crippen LogP contribution in [0.1, 0.15) is 44.1 Å². The topological polar surface area (TPSA) is 113 Å². The first kappa shape index (κ1) is 35.7. The number of likely N-dealkylation sites (tertiary alicyclic amines) is 1. The molecule has 0 spiro atoms. The first-order chi connectivity index (χ1) is 25.2. The third-order valence-electron chi connectivity index (χ3n) is 11.1. The van der Waals surface area contributed by atoms with Crippen molar-refractivity contribution in [3.63, 3.8) is 0 Å². The number of halogens is 1. The maximum atomic E-state index is 13.4. The zero-order chi connectivity index (χ0) is 36.4. The number of imide groups is 1. The Morgan fingerprint density at radius 2 is 1.63 bits per heavy atom. The zero-order valence-corrected chi connectivity index (χ0v) is 30.6. The number of rotatable bonds is 10. The second-order valence-corrected chi connectivity index (χ2v) is 14.9. The van der Waals surface area contributed by atoms with Crippen molar-refractivity contribution in [2.75, 3.05) is 50.1 Å². The number of ether oxygens (including phenoxy) is 1. The molecule has 11 heteroatoms. The number of amides is 2. The normalized spacial score (nSPS) is 19.1. The highest BCUT2D eigenvalue weighted by molar-refractivity contribution is 6.32. The molecule has 3 fully saturated rings. The van der Waals surface area contributed by atoms with Gasteiger partial charge < -0.3 is 19.5 Å². The van der Waals surface area contributed by atoms with Crippen molar-refractivity contribution < 1.29 is 19.1 Å². The quantitative estimate of drug-likeness (QED) is 0.197. The smallest absolute Gasteiger partial charge is 0.258 e. The fourth-order valence-corrected chi connectivity index (χ4v) is 8.33. The van der Waals surface area contributed by atoms with E-state index in [9.17, 15) is 19.2 Å². The summed E-state index contributed by atoms with van der Waals surface area (Å²) in [5, 5.41) is 7.83.